The summed E-state index contributed by atoms with van der Waals surface area (Å²) in [7, 11) is 0. The van der Waals surface area contributed by atoms with Crippen molar-refractivity contribution in [3.05, 3.63) is 39.7 Å². The predicted molar refractivity (Wildman–Crippen MR) is 45.5 cm³/mol. The Morgan fingerprint density at radius 3 is 2.71 bits per heavy atom. The molecule has 0 aromatic heterocycles. The molecule has 1 aromatic carbocycles. The number of non-ortho nitro benzene ring substituents is 1. The molecule has 4 nitrogen and oxygen atoms in total. The molecule has 1 aromatic rings. The number of nitriles is 1. The third-order valence-corrected chi connectivity index (χ3v) is 1.42. The Labute approximate surface area is 78.7 Å². The fraction of sp³-hybridized carbons (Fsp3) is 0. The van der Waals surface area contributed by atoms with Crippen LogP contribution in [0.25, 0.3) is 0 Å². The largest absolute Gasteiger partial charge is 0.272 e. The van der Waals surface area contributed by atoms with Crippen LogP contribution >= 0.6 is 0 Å². The van der Waals surface area contributed by atoms with E-state index in [9.17, 15) is 14.5 Å². The summed E-state index contributed by atoms with van der Waals surface area (Å²) in [4.78, 5) is 9.53. The Bertz CT molecular complexity index is 480. The smallest absolute Gasteiger partial charge is 0.258 e. The van der Waals surface area contributed by atoms with Crippen LogP contribution in [0.2, 0.25) is 0 Å². The molecule has 0 fully saturated rings. The van der Waals surface area contributed by atoms with E-state index in [1.807, 2.05) is 5.92 Å². The zero-order valence-electron chi connectivity index (χ0n) is 6.82. The van der Waals surface area contributed by atoms with Crippen molar-refractivity contribution in [1.82, 2.24) is 0 Å². The van der Waals surface area contributed by atoms with E-state index in [1.165, 1.54) is 6.07 Å². The Morgan fingerprint density at radius 1 is 1.50 bits per heavy atom. The van der Waals surface area contributed by atoms with Gasteiger partial charge in [0.15, 0.2) is 6.07 Å². The Balaban J connectivity index is 3.15. The van der Waals surface area contributed by atoms with Gasteiger partial charge in [-0.3, -0.25) is 10.1 Å². The highest BCUT2D eigenvalue weighted by molar-refractivity contribution is 5.44. The van der Waals surface area contributed by atoms with Crippen molar-refractivity contribution >= 4 is 5.69 Å². The zero-order valence-corrected chi connectivity index (χ0v) is 6.82. The average Bonchev–Trinajstić information content (AvgIpc) is 2.15. The van der Waals surface area contributed by atoms with Crippen LogP contribution in [0.4, 0.5) is 10.1 Å². The van der Waals surface area contributed by atoms with Gasteiger partial charge in [-0.2, -0.15) is 5.26 Å². The number of nitro benzene ring substituents is 1. The molecule has 0 aliphatic carbocycles. The molecule has 0 aliphatic heterocycles. The van der Waals surface area contributed by atoms with Gasteiger partial charge in [0.25, 0.3) is 5.69 Å². The first-order valence-corrected chi connectivity index (χ1v) is 3.49. The molecule has 0 N–H and O–H groups in total. The molecular formula is C9H3FN2O2. The molecule has 0 amide bonds. The van der Waals surface area contributed by atoms with Gasteiger partial charge in [-0.1, -0.05) is 0 Å². The van der Waals surface area contributed by atoms with Gasteiger partial charge in [0.2, 0.25) is 0 Å². The first-order valence-electron chi connectivity index (χ1n) is 3.49. The molecule has 0 radical (unpaired) electrons. The van der Waals surface area contributed by atoms with Gasteiger partial charge in [0, 0.05) is 12.0 Å². The highest BCUT2D eigenvalue weighted by Gasteiger charge is 2.08. The fourth-order valence-corrected chi connectivity index (χ4v) is 0.814. The van der Waals surface area contributed by atoms with Crippen molar-refractivity contribution in [2.45, 2.75) is 0 Å². The number of rotatable bonds is 1. The molecule has 0 saturated heterocycles. The average molecular weight is 190 g/mol. The number of nitro groups is 1. The molecule has 0 atom stereocenters. The minimum atomic E-state index is -0.804. The van der Waals surface area contributed by atoms with Gasteiger partial charge in [-0.25, -0.2) is 4.39 Å². The number of nitrogens with zero attached hydrogens (tertiary/aromatic N) is 2. The standard InChI is InChI=1S/C9H3FN2O2/c10-9-6-8(12(13)14)4-3-7(9)2-1-5-11/h3-4,6H. The Morgan fingerprint density at radius 2 is 2.21 bits per heavy atom. The summed E-state index contributed by atoms with van der Waals surface area (Å²) in [6.45, 7) is 0. The number of hydrogen-bond donors (Lipinski definition) is 0. The second-order valence-corrected chi connectivity index (χ2v) is 2.28. The summed E-state index contributed by atoms with van der Waals surface area (Å²) in [5.74, 6) is 3.42. The van der Waals surface area contributed by atoms with E-state index in [-0.39, 0.29) is 11.3 Å². The van der Waals surface area contributed by atoms with Gasteiger partial charge in [-0.05, 0) is 12.0 Å². The molecule has 1 rings (SSSR count). The van der Waals surface area contributed by atoms with E-state index < -0.39 is 10.7 Å². The third-order valence-electron chi connectivity index (χ3n) is 1.42. The molecule has 0 aliphatic rings. The monoisotopic (exact) mass is 190 g/mol. The SMILES string of the molecule is N#CC#Cc1ccc([N+](=O)[O-])cc1F. The van der Waals surface area contributed by atoms with Crippen LogP contribution in [0.3, 0.4) is 0 Å². The molecule has 14 heavy (non-hydrogen) atoms. The van der Waals surface area contributed by atoms with Crippen molar-refractivity contribution in [3.63, 3.8) is 0 Å². The summed E-state index contributed by atoms with van der Waals surface area (Å²) < 4.78 is 13.0. The van der Waals surface area contributed by atoms with Gasteiger partial charge in [0.05, 0.1) is 16.6 Å². The lowest BCUT2D eigenvalue weighted by Gasteiger charge is -1.93. The summed E-state index contributed by atoms with van der Waals surface area (Å²) >= 11 is 0. The summed E-state index contributed by atoms with van der Waals surface area (Å²) in [6, 6.07) is 4.58. The van der Waals surface area contributed by atoms with Crippen molar-refractivity contribution in [3.8, 4) is 17.9 Å². The van der Waals surface area contributed by atoms with E-state index in [0.29, 0.717) is 0 Å². The zero-order chi connectivity index (χ0) is 10.6. The lowest BCUT2D eigenvalue weighted by atomic mass is 10.2. The van der Waals surface area contributed by atoms with Crippen LogP contribution in [0.1, 0.15) is 5.56 Å². The minimum absolute atomic E-state index is 0.0304. The maximum Gasteiger partial charge on any atom is 0.272 e. The highest BCUT2D eigenvalue weighted by atomic mass is 19.1. The first kappa shape index (κ1) is 9.69. The van der Waals surface area contributed by atoms with E-state index in [4.69, 9.17) is 5.26 Å². The number of benzene rings is 1. The normalized spacial score (nSPS) is 8.29. The number of hydrogen-bond acceptors (Lipinski definition) is 3. The molecule has 0 heterocycles. The molecule has 0 bridgehead atoms. The Kier molecular flexibility index (Phi) is 2.78. The first-order chi connectivity index (χ1) is 6.65. The van der Waals surface area contributed by atoms with Gasteiger partial charge in [0.1, 0.15) is 5.82 Å². The highest BCUT2D eigenvalue weighted by Crippen LogP contribution is 2.15. The van der Waals surface area contributed by atoms with E-state index in [2.05, 4.69) is 5.92 Å². The molecule has 5 heteroatoms. The van der Waals surface area contributed by atoms with Gasteiger partial charge >= 0.3 is 0 Å². The van der Waals surface area contributed by atoms with Crippen LogP contribution in [0.5, 0.6) is 0 Å². The second-order valence-electron chi connectivity index (χ2n) is 2.28. The van der Waals surface area contributed by atoms with Crippen molar-refractivity contribution in [2.24, 2.45) is 0 Å². The molecule has 0 saturated carbocycles. The maximum atomic E-state index is 13.0. The van der Waals surface area contributed by atoms with Crippen LogP contribution in [0.15, 0.2) is 18.2 Å². The van der Waals surface area contributed by atoms with Crippen LogP contribution in [-0.4, -0.2) is 4.92 Å². The van der Waals surface area contributed by atoms with Crippen molar-refractivity contribution in [2.75, 3.05) is 0 Å². The fourth-order valence-electron chi connectivity index (χ4n) is 0.814. The summed E-state index contributed by atoms with van der Waals surface area (Å²) in [6.07, 6.45) is 0. The molecule has 0 unspecified atom stereocenters. The van der Waals surface area contributed by atoms with Gasteiger partial charge < -0.3 is 0 Å². The van der Waals surface area contributed by atoms with Gasteiger partial charge in [-0.15, -0.1) is 0 Å². The minimum Gasteiger partial charge on any atom is -0.258 e. The molecule has 68 valence electrons. The quantitative estimate of drug-likeness (QED) is 0.383. The third kappa shape index (κ3) is 2.05. The maximum absolute atomic E-state index is 13.0. The molecular weight excluding hydrogens is 187 g/mol. The van der Waals surface area contributed by atoms with Crippen molar-refractivity contribution < 1.29 is 9.31 Å². The number of halogens is 1. The topological polar surface area (TPSA) is 66.9 Å². The van der Waals surface area contributed by atoms with E-state index >= 15 is 0 Å². The van der Waals surface area contributed by atoms with E-state index in [0.717, 1.165) is 18.2 Å². The predicted octanol–water partition coefficient (Wildman–Crippen LogP) is 1.61. The lowest BCUT2D eigenvalue weighted by Crippen LogP contribution is -1.90. The second kappa shape index (κ2) is 4.01. The van der Waals surface area contributed by atoms with Crippen LogP contribution in [0, 0.1) is 39.1 Å². The Hall–Kier alpha value is -2.40. The van der Waals surface area contributed by atoms with E-state index in [1.54, 1.807) is 0 Å². The molecule has 0 spiro atoms. The van der Waals surface area contributed by atoms with Crippen molar-refractivity contribution in [1.29, 1.82) is 5.26 Å². The van der Waals surface area contributed by atoms with Crippen LogP contribution in [-0.2, 0) is 0 Å². The summed E-state index contributed by atoms with van der Waals surface area (Å²) in [5.41, 5.74) is -0.373. The lowest BCUT2D eigenvalue weighted by molar-refractivity contribution is -0.385. The summed E-state index contributed by atoms with van der Waals surface area (Å²) in [5, 5.41) is 18.3. The van der Waals surface area contributed by atoms with Crippen LogP contribution < -0.4 is 0 Å².